The van der Waals surface area contributed by atoms with Crippen LogP contribution in [-0.4, -0.2) is 21.7 Å². The molecule has 5 nitrogen and oxygen atoms in total. The monoisotopic (exact) mass is 456 g/mol. The summed E-state index contributed by atoms with van der Waals surface area (Å²) in [6.07, 6.45) is 3.17. The van der Waals surface area contributed by atoms with E-state index in [2.05, 4.69) is 11.9 Å². The lowest BCUT2D eigenvalue weighted by atomic mass is 9.98. The van der Waals surface area contributed by atoms with E-state index in [-0.39, 0.29) is 12.3 Å². The van der Waals surface area contributed by atoms with Gasteiger partial charge < -0.3 is 19.7 Å². The van der Waals surface area contributed by atoms with E-state index in [9.17, 15) is 9.90 Å². The maximum atomic E-state index is 12.6. The van der Waals surface area contributed by atoms with Crippen molar-refractivity contribution in [2.75, 3.05) is 0 Å². The Morgan fingerprint density at radius 1 is 1.13 bits per heavy atom. The molecule has 0 bridgehead atoms. The van der Waals surface area contributed by atoms with E-state index in [1.807, 2.05) is 47.3 Å². The second kappa shape index (κ2) is 9.18. The molecule has 0 unspecified atom stereocenters. The van der Waals surface area contributed by atoms with Gasteiger partial charge in [-0.3, -0.25) is 4.79 Å². The fourth-order valence-corrected chi connectivity index (χ4v) is 3.86. The van der Waals surface area contributed by atoms with Gasteiger partial charge in [0.1, 0.15) is 5.75 Å². The van der Waals surface area contributed by atoms with Crippen molar-refractivity contribution in [3.8, 4) is 16.9 Å². The number of rotatable bonds is 6. The summed E-state index contributed by atoms with van der Waals surface area (Å²) < 4.78 is 7.80. The number of ether oxygens (including phenoxy) is 1. The predicted octanol–water partition coefficient (Wildman–Crippen LogP) is 5.37. The number of hydrogen-bond donors (Lipinski definition) is 2. The van der Waals surface area contributed by atoms with E-state index in [0.717, 1.165) is 11.1 Å². The molecule has 2 N–H and O–H groups in total. The molecule has 3 aromatic rings. The molecule has 1 aliphatic heterocycles. The number of hydrogen-bond acceptors (Lipinski definition) is 3. The van der Waals surface area contributed by atoms with E-state index < -0.39 is 12.2 Å². The Balaban J connectivity index is 1.31. The van der Waals surface area contributed by atoms with Crippen molar-refractivity contribution in [3.63, 3.8) is 0 Å². The lowest BCUT2D eigenvalue weighted by molar-refractivity contribution is -0.129. The molecule has 31 heavy (non-hydrogen) atoms. The molecule has 0 fully saturated rings. The third kappa shape index (κ3) is 5.13. The molecule has 0 saturated heterocycles. The third-order valence-corrected chi connectivity index (χ3v) is 5.72. The number of fused-ring (bicyclic) bond motifs is 1. The van der Waals surface area contributed by atoms with Crippen LogP contribution in [0.4, 0.5) is 0 Å². The molecule has 4 rings (SSSR count). The maximum absolute atomic E-state index is 12.6. The van der Waals surface area contributed by atoms with Crippen molar-refractivity contribution in [3.05, 3.63) is 88.8 Å². The second-order valence-corrected chi connectivity index (χ2v) is 8.40. The summed E-state index contributed by atoms with van der Waals surface area (Å²) in [5, 5.41) is 14.4. The van der Waals surface area contributed by atoms with Gasteiger partial charge in [0.05, 0.1) is 6.10 Å². The Hall–Kier alpha value is -2.73. The molecule has 0 aliphatic carbocycles. The highest BCUT2D eigenvalue weighted by molar-refractivity contribution is 6.31. The Morgan fingerprint density at radius 3 is 2.65 bits per heavy atom. The number of aromatic nitrogens is 1. The topological polar surface area (TPSA) is 63.5 Å². The summed E-state index contributed by atoms with van der Waals surface area (Å²) in [6.45, 7) is 4.63. The SMILES string of the molecule is C=C(CCn1ccc(-c2ccc(Cl)cc2)c1)NC(=O)[C@H]1C[C@@H](O)c2cc(Cl)ccc2O1. The number of amides is 1. The number of aryl methyl sites for hydroxylation is 1. The molecular weight excluding hydrogens is 435 g/mol. The van der Waals surface area contributed by atoms with Gasteiger partial charge in [-0.15, -0.1) is 0 Å². The Bertz CT molecular complexity index is 1110. The van der Waals surface area contributed by atoms with E-state index in [0.29, 0.717) is 40.0 Å². The summed E-state index contributed by atoms with van der Waals surface area (Å²) in [6, 6.07) is 14.7. The van der Waals surface area contributed by atoms with Crippen LogP contribution in [0.15, 0.2) is 73.2 Å². The Kier molecular flexibility index (Phi) is 6.37. The number of nitrogens with one attached hydrogen (secondary N) is 1. The van der Waals surface area contributed by atoms with Crippen molar-refractivity contribution >= 4 is 29.1 Å². The number of nitrogens with zero attached hydrogens (tertiary/aromatic N) is 1. The molecule has 2 aromatic carbocycles. The zero-order valence-electron chi connectivity index (χ0n) is 16.7. The summed E-state index contributed by atoms with van der Waals surface area (Å²) in [7, 11) is 0. The number of carbonyl (C=O) groups excluding carboxylic acids is 1. The Labute approximate surface area is 190 Å². The van der Waals surface area contributed by atoms with Crippen molar-refractivity contribution in [2.45, 2.75) is 31.6 Å². The lowest BCUT2D eigenvalue weighted by Crippen LogP contribution is -2.41. The molecule has 2 heterocycles. The number of allylic oxidation sites excluding steroid dienone is 1. The van der Waals surface area contributed by atoms with Crippen LogP contribution in [0.5, 0.6) is 5.75 Å². The van der Waals surface area contributed by atoms with Crippen LogP contribution in [0.3, 0.4) is 0 Å². The fourth-order valence-electron chi connectivity index (χ4n) is 3.55. The van der Waals surface area contributed by atoms with E-state index in [1.54, 1.807) is 18.2 Å². The molecule has 1 amide bonds. The highest BCUT2D eigenvalue weighted by atomic mass is 35.5. The van der Waals surface area contributed by atoms with E-state index >= 15 is 0 Å². The zero-order valence-corrected chi connectivity index (χ0v) is 18.2. The highest BCUT2D eigenvalue weighted by Crippen LogP contribution is 2.36. The first-order valence-electron chi connectivity index (χ1n) is 9.93. The average molecular weight is 457 g/mol. The van der Waals surface area contributed by atoms with Gasteiger partial charge in [0.25, 0.3) is 5.91 Å². The van der Waals surface area contributed by atoms with Gasteiger partial charge in [-0.2, -0.15) is 0 Å². The average Bonchev–Trinajstić information content (AvgIpc) is 3.22. The first-order chi connectivity index (χ1) is 14.9. The first kappa shape index (κ1) is 21.5. The van der Waals surface area contributed by atoms with Crippen molar-refractivity contribution in [1.82, 2.24) is 9.88 Å². The molecule has 1 aromatic heterocycles. The predicted molar refractivity (Wildman–Crippen MR) is 122 cm³/mol. The molecular formula is C24H22Cl2N2O3. The maximum Gasteiger partial charge on any atom is 0.265 e. The minimum absolute atomic E-state index is 0.161. The van der Waals surface area contributed by atoms with Gasteiger partial charge >= 0.3 is 0 Å². The quantitative estimate of drug-likeness (QED) is 0.524. The van der Waals surface area contributed by atoms with Crippen LogP contribution in [-0.2, 0) is 11.3 Å². The van der Waals surface area contributed by atoms with Gasteiger partial charge in [-0.25, -0.2) is 0 Å². The van der Waals surface area contributed by atoms with E-state index in [4.69, 9.17) is 27.9 Å². The number of carbonyl (C=O) groups is 1. The molecule has 1 aliphatic rings. The molecule has 0 saturated carbocycles. The summed E-state index contributed by atoms with van der Waals surface area (Å²) >= 11 is 11.9. The smallest absolute Gasteiger partial charge is 0.265 e. The van der Waals surface area contributed by atoms with Gasteiger partial charge in [0.15, 0.2) is 6.10 Å². The molecule has 0 spiro atoms. The van der Waals surface area contributed by atoms with Crippen LogP contribution >= 0.6 is 23.2 Å². The molecule has 7 heteroatoms. The van der Waals surface area contributed by atoms with Crippen LogP contribution < -0.4 is 10.1 Å². The highest BCUT2D eigenvalue weighted by Gasteiger charge is 2.32. The van der Waals surface area contributed by atoms with Crippen LogP contribution in [0.25, 0.3) is 11.1 Å². The normalized spacial score (nSPS) is 17.5. The van der Waals surface area contributed by atoms with Crippen LogP contribution in [0.2, 0.25) is 10.0 Å². The van der Waals surface area contributed by atoms with E-state index in [1.165, 1.54) is 0 Å². The third-order valence-electron chi connectivity index (χ3n) is 5.23. The minimum Gasteiger partial charge on any atom is -0.480 e. The van der Waals surface area contributed by atoms with Crippen molar-refractivity contribution in [2.24, 2.45) is 0 Å². The largest absolute Gasteiger partial charge is 0.480 e. The van der Waals surface area contributed by atoms with Gasteiger partial charge in [-0.05, 0) is 47.5 Å². The number of aliphatic hydroxyl groups excluding tert-OH is 1. The van der Waals surface area contributed by atoms with Crippen molar-refractivity contribution in [1.29, 1.82) is 0 Å². The molecule has 160 valence electrons. The zero-order chi connectivity index (χ0) is 22.0. The summed E-state index contributed by atoms with van der Waals surface area (Å²) in [5.74, 6) is 0.148. The number of halogens is 2. The second-order valence-electron chi connectivity index (χ2n) is 7.53. The number of aliphatic hydroxyl groups is 1. The number of benzene rings is 2. The lowest BCUT2D eigenvalue weighted by Gasteiger charge is -2.29. The van der Waals surface area contributed by atoms with Crippen molar-refractivity contribution < 1.29 is 14.6 Å². The first-order valence-corrected chi connectivity index (χ1v) is 10.7. The Morgan fingerprint density at radius 2 is 1.87 bits per heavy atom. The fraction of sp³-hybridized carbons (Fsp3) is 0.208. The standard InChI is InChI=1S/C24H22Cl2N2O3/c1-15(8-10-28-11-9-17(14-28)16-2-4-18(25)5-3-16)27-24(30)23-13-21(29)20-12-19(26)6-7-22(20)31-23/h2-7,9,11-12,14,21,23,29H,1,8,10,13H2,(H,27,30)/t21-,23-/m1/s1. The summed E-state index contributed by atoms with van der Waals surface area (Å²) in [4.78, 5) is 12.6. The van der Waals surface area contributed by atoms with Gasteiger partial charge in [0, 0.05) is 53.1 Å². The van der Waals surface area contributed by atoms with Crippen LogP contribution in [0.1, 0.15) is 24.5 Å². The molecule has 0 radical (unpaired) electrons. The van der Waals surface area contributed by atoms with Gasteiger partial charge in [-0.1, -0.05) is 41.9 Å². The van der Waals surface area contributed by atoms with Gasteiger partial charge in [0.2, 0.25) is 0 Å². The van der Waals surface area contributed by atoms with Crippen LogP contribution in [0, 0.1) is 0 Å². The minimum atomic E-state index is -0.808. The molecule has 2 atom stereocenters. The summed E-state index contributed by atoms with van der Waals surface area (Å²) in [5.41, 5.74) is 3.37.